The first-order chi connectivity index (χ1) is 10.2. The van der Waals surface area contributed by atoms with Crippen molar-refractivity contribution in [1.82, 2.24) is 0 Å². The van der Waals surface area contributed by atoms with Crippen molar-refractivity contribution >= 4 is 29.0 Å². The summed E-state index contributed by atoms with van der Waals surface area (Å²) in [6.45, 7) is 2.77. The van der Waals surface area contributed by atoms with Gasteiger partial charge in [0.1, 0.15) is 10.7 Å². The number of benzene rings is 2. The van der Waals surface area contributed by atoms with Gasteiger partial charge in [-0.1, -0.05) is 54.2 Å². The molecule has 0 unspecified atom stereocenters. The van der Waals surface area contributed by atoms with Gasteiger partial charge in [0.2, 0.25) is 0 Å². The van der Waals surface area contributed by atoms with Crippen LogP contribution in [0.5, 0.6) is 5.75 Å². The highest BCUT2D eigenvalue weighted by molar-refractivity contribution is 7.98. The van der Waals surface area contributed by atoms with Crippen LogP contribution in [0.4, 0.5) is 0 Å². The molecule has 2 N–H and O–H groups in total. The first-order valence-electron chi connectivity index (χ1n) is 6.82. The molecule has 0 heterocycles. The van der Waals surface area contributed by atoms with Crippen molar-refractivity contribution in [3.8, 4) is 5.75 Å². The van der Waals surface area contributed by atoms with Crippen LogP contribution in [-0.2, 0) is 5.75 Å². The number of thiocarbonyl (C=S) groups is 1. The van der Waals surface area contributed by atoms with Gasteiger partial charge < -0.3 is 10.5 Å². The Labute approximate surface area is 135 Å². The summed E-state index contributed by atoms with van der Waals surface area (Å²) in [4.78, 5) is 0.460. The van der Waals surface area contributed by atoms with Gasteiger partial charge in [-0.15, -0.1) is 0 Å². The predicted molar refractivity (Wildman–Crippen MR) is 95.2 cm³/mol. The molecular formula is C17H19NOS2. The second-order valence-electron chi connectivity index (χ2n) is 4.74. The molecule has 0 saturated carbocycles. The molecule has 0 radical (unpaired) electrons. The Morgan fingerprint density at radius 2 is 1.86 bits per heavy atom. The van der Waals surface area contributed by atoms with Gasteiger partial charge >= 0.3 is 0 Å². The van der Waals surface area contributed by atoms with E-state index in [1.165, 1.54) is 11.1 Å². The molecule has 0 aliphatic rings. The van der Waals surface area contributed by atoms with Gasteiger partial charge in [-0.2, -0.15) is 11.8 Å². The third-order valence-electron chi connectivity index (χ3n) is 3.06. The topological polar surface area (TPSA) is 35.2 Å². The number of rotatable bonds is 7. The van der Waals surface area contributed by atoms with Gasteiger partial charge in [-0.3, -0.25) is 0 Å². The van der Waals surface area contributed by atoms with Crippen LogP contribution in [0, 0.1) is 6.92 Å². The summed E-state index contributed by atoms with van der Waals surface area (Å²) >= 11 is 6.89. The van der Waals surface area contributed by atoms with Gasteiger partial charge in [0.15, 0.2) is 0 Å². The fourth-order valence-corrected chi connectivity index (χ4v) is 2.94. The highest BCUT2D eigenvalue weighted by atomic mass is 32.2. The van der Waals surface area contributed by atoms with Gasteiger partial charge in [0, 0.05) is 17.1 Å². The summed E-state index contributed by atoms with van der Waals surface area (Å²) in [5.74, 6) is 2.74. The lowest BCUT2D eigenvalue weighted by Gasteiger charge is -2.09. The van der Waals surface area contributed by atoms with Gasteiger partial charge in [0.05, 0.1) is 6.61 Å². The van der Waals surface area contributed by atoms with E-state index in [1.54, 1.807) is 0 Å². The second kappa shape index (κ2) is 8.05. The summed E-state index contributed by atoms with van der Waals surface area (Å²) in [5.41, 5.74) is 9.13. The van der Waals surface area contributed by atoms with E-state index in [4.69, 9.17) is 22.7 Å². The Kier molecular flexibility index (Phi) is 6.08. The van der Waals surface area contributed by atoms with Crippen LogP contribution in [0.25, 0.3) is 0 Å². The lowest BCUT2D eigenvalue weighted by molar-refractivity contribution is 0.344. The molecule has 110 valence electrons. The monoisotopic (exact) mass is 317 g/mol. The Bertz CT molecular complexity index is 596. The van der Waals surface area contributed by atoms with Crippen molar-refractivity contribution in [3.05, 3.63) is 65.2 Å². The molecule has 0 amide bonds. The number of hydrogen-bond acceptors (Lipinski definition) is 3. The van der Waals surface area contributed by atoms with E-state index in [-0.39, 0.29) is 0 Å². The van der Waals surface area contributed by atoms with Crippen LogP contribution < -0.4 is 10.5 Å². The highest BCUT2D eigenvalue weighted by Crippen LogP contribution is 2.17. The number of hydrogen-bond donors (Lipinski definition) is 1. The van der Waals surface area contributed by atoms with Crippen molar-refractivity contribution in [2.75, 3.05) is 12.4 Å². The van der Waals surface area contributed by atoms with Gasteiger partial charge in [0.25, 0.3) is 0 Å². The van der Waals surface area contributed by atoms with E-state index < -0.39 is 0 Å². The lowest BCUT2D eigenvalue weighted by Crippen LogP contribution is -2.12. The van der Waals surface area contributed by atoms with Crippen LogP contribution in [0.15, 0.2) is 48.5 Å². The van der Waals surface area contributed by atoms with Crippen LogP contribution in [0.3, 0.4) is 0 Å². The number of thioether (sulfide) groups is 1. The van der Waals surface area contributed by atoms with E-state index in [2.05, 4.69) is 25.1 Å². The van der Waals surface area contributed by atoms with Crippen molar-refractivity contribution < 1.29 is 4.74 Å². The molecule has 2 aromatic rings. The third kappa shape index (κ3) is 5.06. The quantitative estimate of drug-likeness (QED) is 0.620. The zero-order valence-electron chi connectivity index (χ0n) is 12.0. The highest BCUT2D eigenvalue weighted by Gasteiger charge is 2.04. The number of aryl methyl sites for hydroxylation is 1. The summed E-state index contributed by atoms with van der Waals surface area (Å²) in [7, 11) is 0. The minimum Gasteiger partial charge on any atom is -0.493 e. The van der Waals surface area contributed by atoms with Gasteiger partial charge in [-0.25, -0.2) is 0 Å². The van der Waals surface area contributed by atoms with E-state index in [0.29, 0.717) is 11.6 Å². The molecule has 2 aromatic carbocycles. The molecule has 2 rings (SSSR count). The minimum absolute atomic E-state index is 0.460. The Morgan fingerprint density at radius 1 is 1.14 bits per heavy atom. The molecule has 2 nitrogen and oxygen atoms in total. The maximum atomic E-state index is 5.73. The van der Waals surface area contributed by atoms with Crippen molar-refractivity contribution in [2.45, 2.75) is 12.7 Å². The lowest BCUT2D eigenvalue weighted by atomic mass is 10.1. The van der Waals surface area contributed by atoms with Crippen molar-refractivity contribution in [2.24, 2.45) is 5.73 Å². The Balaban J connectivity index is 1.75. The van der Waals surface area contributed by atoms with E-state index in [0.717, 1.165) is 22.8 Å². The predicted octanol–water partition coefficient (Wildman–Crippen LogP) is 3.94. The standard InChI is InChI=1S/C17H19NOS2/c1-13-6-8-15(9-7-13)19-10-11-21-12-14-4-2-3-5-16(14)17(18)20/h2-9H,10-12H2,1H3,(H2,18,20). The van der Waals surface area contributed by atoms with Crippen LogP contribution in [0.1, 0.15) is 16.7 Å². The summed E-state index contributed by atoms with van der Waals surface area (Å²) in [5, 5.41) is 0. The summed E-state index contributed by atoms with van der Waals surface area (Å²) < 4.78 is 5.71. The van der Waals surface area contributed by atoms with Crippen LogP contribution >= 0.6 is 24.0 Å². The zero-order chi connectivity index (χ0) is 15.1. The molecule has 0 bridgehead atoms. The smallest absolute Gasteiger partial charge is 0.119 e. The van der Waals surface area contributed by atoms with Crippen molar-refractivity contribution in [1.29, 1.82) is 0 Å². The normalized spacial score (nSPS) is 10.3. The molecule has 0 saturated heterocycles. The molecular weight excluding hydrogens is 298 g/mol. The van der Waals surface area contributed by atoms with E-state index in [1.807, 2.05) is 42.1 Å². The Morgan fingerprint density at radius 3 is 2.57 bits per heavy atom. The number of nitrogens with two attached hydrogens (primary N) is 1. The van der Waals surface area contributed by atoms with Crippen LogP contribution in [-0.4, -0.2) is 17.3 Å². The molecule has 21 heavy (non-hydrogen) atoms. The first kappa shape index (κ1) is 15.9. The maximum Gasteiger partial charge on any atom is 0.119 e. The molecule has 4 heteroatoms. The zero-order valence-corrected chi connectivity index (χ0v) is 13.7. The van der Waals surface area contributed by atoms with Gasteiger partial charge in [-0.05, 0) is 24.6 Å². The number of ether oxygens (including phenoxy) is 1. The minimum atomic E-state index is 0.460. The average molecular weight is 317 g/mol. The molecule has 0 atom stereocenters. The molecule has 0 spiro atoms. The third-order valence-corrected chi connectivity index (χ3v) is 4.25. The van der Waals surface area contributed by atoms with E-state index >= 15 is 0 Å². The second-order valence-corrected chi connectivity index (χ2v) is 6.28. The van der Waals surface area contributed by atoms with Crippen LogP contribution in [0.2, 0.25) is 0 Å². The SMILES string of the molecule is Cc1ccc(OCCSCc2ccccc2C(N)=S)cc1. The molecule has 0 fully saturated rings. The van der Waals surface area contributed by atoms with Crippen molar-refractivity contribution in [3.63, 3.8) is 0 Å². The fourth-order valence-electron chi connectivity index (χ4n) is 1.92. The summed E-state index contributed by atoms with van der Waals surface area (Å²) in [6.07, 6.45) is 0. The molecule has 0 aliphatic carbocycles. The summed E-state index contributed by atoms with van der Waals surface area (Å²) in [6, 6.07) is 16.1. The molecule has 0 aliphatic heterocycles. The average Bonchev–Trinajstić information content (AvgIpc) is 2.49. The molecule has 0 aromatic heterocycles. The Hall–Kier alpha value is -1.52. The first-order valence-corrected chi connectivity index (χ1v) is 8.38. The van der Waals surface area contributed by atoms with E-state index in [9.17, 15) is 0 Å². The maximum absolute atomic E-state index is 5.73. The largest absolute Gasteiger partial charge is 0.493 e. The fraction of sp³-hybridized carbons (Fsp3) is 0.235.